The van der Waals surface area contributed by atoms with Gasteiger partial charge in [0.2, 0.25) is 0 Å². The van der Waals surface area contributed by atoms with Gasteiger partial charge < -0.3 is 5.11 Å². The fourth-order valence-corrected chi connectivity index (χ4v) is 3.06. The highest BCUT2D eigenvalue weighted by molar-refractivity contribution is 9.12. The predicted octanol–water partition coefficient (Wildman–Crippen LogP) is 5.67. The van der Waals surface area contributed by atoms with Gasteiger partial charge in [-0.2, -0.15) is 0 Å². The third kappa shape index (κ3) is 11.0. The van der Waals surface area contributed by atoms with Gasteiger partial charge in [0.25, 0.3) is 0 Å². The van der Waals surface area contributed by atoms with Crippen molar-refractivity contribution in [2.24, 2.45) is 0 Å². The molecule has 2 nitrogen and oxygen atoms in total. The molecule has 0 amide bonds. The van der Waals surface area contributed by atoms with Gasteiger partial charge in [0, 0.05) is 20.6 Å². The molecule has 0 rings (SSSR count). The number of unbranched alkanes of at least 4 members (excludes halogenated alkanes) is 4. The summed E-state index contributed by atoms with van der Waals surface area (Å²) in [6.07, 6.45) is 10.0. The molecule has 0 aromatic heterocycles. The van der Waals surface area contributed by atoms with E-state index >= 15 is 0 Å². The van der Waals surface area contributed by atoms with Crippen LogP contribution < -0.4 is 0 Å². The molecule has 0 aromatic carbocycles. The lowest BCUT2D eigenvalue weighted by molar-refractivity contribution is -0.132. The Balaban J connectivity index is 3.73. The Bertz CT molecular complexity index is 280. The molecule has 19 heavy (non-hydrogen) atoms. The monoisotopic (exact) mass is 460 g/mol. The maximum absolute atomic E-state index is 10.7. The fourth-order valence-electron chi connectivity index (χ4n) is 1.67. The summed E-state index contributed by atoms with van der Waals surface area (Å²) in [4.78, 5) is 11.4. The molecule has 5 heteroatoms. The van der Waals surface area contributed by atoms with E-state index in [1.807, 2.05) is 0 Å². The second-order valence-electron chi connectivity index (χ2n) is 4.71. The van der Waals surface area contributed by atoms with Crippen molar-refractivity contribution in [2.75, 3.05) is 5.33 Å². The average Bonchev–Trinajstić information content (AvgIpc) is 2.38. The molecule has 0 aromatic rings. The number of carboxylic acids is 1. The first-order valence-corrected chi connectivity index (χ1v) is 9.68. The zero-order valence-corrected chi connectivity index (χ0v) is 16.1. The van der Waals surface area contributed by atoms with Crippen LogP contribution in [0.25, 0.3) is 0 Å². The van der Waals surface area contributed by atoms with E-state index in [2.05, 4.69) is 47.8 Å². The highest BCUT2D eigenvalue weighted by Crippen LogP contribution is 2.24. The van der Waals surface area contributed by atoms with Crippen molar-refractivity contribution in [3.8, 4) is 0 Å². The van der Waals surface area contributed by atoms with E-state index in [-0.39, 0.29) is 0 Å². The number of carbonyl (C=O) groups is 1. The molecule has 112 valence electrons. The van der Waals surface area contributed by atoms with Gasteiger partial charge in [0.05, 0.1) is 0 Å². The van der Waals surface area contributed by atoms with Crippen molar-refractivity contribution >= 4 is 53.8 Å². The van der Waals surface area contributed by atoms with E-state index in [1.54, 1.807) is 13.0 Å². The summed E-state index contributed by atoms with van der Waals surface area (Å²) in [5, 5.41) is 9.88. The molecule has 0 aliphatic carbocycles. The molecule has 0 radical (unpaired) electrons. The minimum atomic E-state index is -0.836. The van der Waals surface area contributed by atoms with Crippen LogP contribution in [0.15, 0.2) is 11.6 Å². The van der Waals surface area contributed by atoms with Crippen molar-refractivity contribution in [2.45, 2.75) is 61.5 Å². The Morgan fingerprint density at radius 3 is 2.26 bits per heavy atom. The number of hydrogen-bond donors (Lipinski definition) is 1. The normalized spacial score (nSPS) is 15.3. The minimum absolute atomic E-state index is 0.296. The number of aliphatic carboxylic acids is 1. The topological polar surface area (TPSA) is 37.3 Å². The first-order chi connectivity index (χ1) is 8.99. The van der Waals surface area contributed by atoms with Crippen LogP contribution in [0.1, 0.15) is 51.9 Å². The second kappa shape index (κ2) is 12.4. The fraction of sp³-hybridized carbons (Fsp3) is 0.786. The SMILES string of the molecule is CC(=CCC(Br)C(Br)CCCCCCCBr)C(=O)O. The van der Waals surface area contributed by atoms with Gasteiger partial charge in [0.1, 0.15) is 0 Å². The van der Waals surface area contributed by atoms with Gasteiger partial charge in [-0.1, -0.05) is 79.5 Å². The van der Waals surface area contributed by atoms with Crippen LogP contribution in [0.2, 0.25) is 0 Å². The van der Waals surface area contributed by atoms with Gasteiger partial charge in [-0.25, -0.2) is 4.79 Å². The van der Waals surface area contributed by atoms with Crippen molar-refractivity contribution in [1.82, 2.24) is 0 Å². The maximum atomic E-state index is 10.7. The average molecular weight is 463 g/mol. The zero-order valence-electron chi connectivity index (χ0n) is 11.4. The van der Waals surface area contributed by atoms with Crippen molar-refractivity contribution in [1.29, 1.82) is 0 Å². The van der Waals surface area contributed by atoms with Crippen LogP contribution in [0.4, 0.5) is 0 Å². The third-order valence-electron chi connectivity index (χ3n) is 2.99. The Kier molecular flexibility index (Phi) is 12.8. The number of alkyl halides is 3. The first kappa shape index (κ1) is 19.7. The Morgan fingerprint density at radius 1 is 1.11 bits per heavy atom. The van der Waals surface area contributed by atoms with Crippen LogP contribution in [0, 0.1) is 0 Å². The van der Waals surface area contributed by atoms with E-state index in [0.717, 1.165) is 18.2 Å². The molecule has 1 N–H and O–H groups in total. The van der Waals surface area contributed by atoms with Crippen LogP contribution in [-0.2, 0) is 4.79 Å². The number of allylic oxidation sites excluding steroid dienone is 1. The Morgan fingerprint density at radius 2 is 1.68 bits per heavy atom. The van der Waals surface area contributed by atoms with Gasteiger partial charge in [-0.15, -0.1) is 0 Å². The van der Waals surface area contributed by atoms with Crippen molar-refractivity contribution in [3.05, 3.63) is 11.6 Å². The standard InChI is InChI=1S/C14H23Br3O2/c1-11(14(18)19)8-9-13(17)12(16)7-5-3-2-4-6-10-15/h8,12-13H,2-7,9-10H2,1H3,(H,18,19). The third-order valence-corrected chi connectivity index (χ3v) is 6.37. The molecule has 2 unspecified atom stereocenters. The van der Waals surface area contributed by atoms with Crippen LogP contribution in [0.3, 0.4) is 0 Å². The van der Waals surface area contributed by atoms with Gasteiger partial charge >= 0.3 is 5.97 Å². The smallest absolute Gasteiger partial charge is 0.330 e. The molecule has 0 aliphatic rings. The van der Waals surface area contributed by atoms with E-state index in [9.17, 15) is 4.79 Å². The minimum Gasteiger partial charge on any atom is -0.478 e. The summed E-state index contributed by atoms with van der Waals surface area (Å²) >= 11 is 10.7. The van der Waals surface area contributed by atoms with Crippen LogP contribution in [0.5, 0.6) is 0 Å². The van der Waals surface area contributed by atoms with Gasteiger partial charge in [-0.3, -0.25) is 0 Å². The Hall–Kier alpha value is 0.650. The molecule has 0 aliphatic heterocycles. The quantitative estimate of drug-likeness (QED) is 0.244. The Labute approximate surface area is 141 Å². The molecule has 0 fully saturated rings. The molecule has 0 bridgehead atoms. The number of carboxylic acid groups (broad SMARTS) is 1. The number of rotatable bonds is 11. The number of hydrogen-bond acceptors (Lipinski definition) is 1. The first-order valence-electron chi connectivity index (χ1n) is 6.73. The van der Waals surface area contributed by atoms with Gasteiger partial charge in [0.15, 0.2) is 0 Å². The lowest BCUT2D eigenvalue weighted by Crippen LogP contribution is -2.13. The van der Waals surface area contributed by atoms with E-state index in [0.29, 0.717) is 15.2 Å². The number of halogens is 3. The zero-order chi connectivity index (χ0) is 14.7. The van der Waals surface area contributed by atoms with Crippen molar-refractivity contribution < 1.29 is 9.90 Å². The highest BCUT2D eigenvalue weighted by Gasteiger charge is 2.14. The van der Waals surface area contributed by atoms with Gasteiger partial charge in [-0.05, 0) is 26.2 Å². The molecule has 0 saturated carbocycles. The summed E-state index contributed by atoms with van der Waals surface area (Å²) in [6, 6.07) is 0. The van der Waals surface area contributed by atoms with Crippen molar-refractivity contribution in [3.63, 3.8) is 0 Å². The van der Waals surface area contributed by atoms with E-state index in [1.165, 1.54) is 32.1 Å². The summed E-state index contributed by atoms with van der Waals surface area (Å²) < 4.78 is 0. The summed E-state index contributed by atoms with van der Waals surface area (Å²) in [6.45, 7) is 1.63. The highest BCUT2D eigenvalue weighted by atomic mass is 79.9. The second-order valence-corrected chi connectivity index (χ2v) is 7.85. The van der Waals surface area contributed by atoms with E-state index in [4.69, 9.17) is 5.11 Å². The van der Waals surface area contributed by atoms with E-state index < -0.39 is 5.97 Å². The summed E-state index contributed by atoms with van der Waals surface area (Å²) in [5.41, 5.74) is 0.416. The van der Waals surface area contributed by atoms with Crippen LogP contribution >= 0.6 is 47.8 Å². The molecular weight excluding hydrogens is 440 g/mol. The summed E-state index contributed by atoms with van der Waals surface area (Å²) in [5.74, 6) is -0.836. The molecule has 0 heterocycles. The lowest BCUT2D eigenvalue weighted by Gasteiger charge is -2.15. The predicted molar refractivity (Wildman–Crippen MR) is 92.9 cm³/mol. The molecule has 0 spiro atoms. The maximum Gasteiger partial charge on any atom is 0.330 e. The van der Waals surface area contributed by atoms with Crippen LogP contribution in [-0.4, -0.2) is 26.1 Å². The molecule has 2 atom stereocenters. The summed E-state index contributed by atoms with van der Waals surface area (Å²) in [7, 11) is 0. The molecule has 0 saturated heterocycles. The largest absolute Gasteiger partial charge is 0.478 e. The molecular formula is C14H23Br3O2. The lowest BCUT2D eigenvalue weighted by atomic mass is 10.1.